The minimum atomic E-state index is 0.397. The molecule has 4 rings (SSSR count). The highest BCUT2D eigenvalue weighted by molar-refractivity contribution is 5.31. The van der Waals surface area contributed by atoms with Gasteiger partial charge in [-0.1, -0.05) is 57.9 Å². The van der Waals surface area contributed by atoms with Gasteiger partial charge < -0.3 is 0 Å². The molecule has 0 saturated heterocycles. The Hall–Kier alpha value is -0.520. The van der Waals surface area contributed by atoms with Gasteiger partial charge in [-0.2, -0.15) is 0 Å². The van der Waals surface area contributed by atoms with Gasteiger partial charge in [0.2, 0.25) is 0 Å². The van der Waals surface area contributed by atoms with E-state index < -0.39 is 0 Å². The predicted octanol–water partition coefficient (Wildman–Crippen LogP) is 6.53. The van der Waals surface area contributed by atoms with Crippen molar-refractivity contribution < 1.29 is 0 Å². The van der Waals surface area contributed by atoms with Crippen molar-refractivity contribution in [1.29, 1.82) is 0 Å². The van der Waals surface area contributed by atoms with Gasteiger partial charge in [-0.25, -0.2) is 0 Å². The van der Waals surface area contributed by atoms with Crippen LogP contribution in [0.15, 0.2) is 23.8 Å². The fourth-order valence-corrected chi connectivity index (χ4v) is 7.28. The normalized spacial score (nSPS) is 53.5. The van der Waals surface area contributed by atoms with Crippen LogP contribution in [-0.4, -0.2) is 0 Å². The van der Waals surface area contributed by atoms with Crippen LogP contribution in [0.25, 0.3) is 0 Å². The Morgan fingerprint density at radius 1 is 1.05 bits per heavy atom. The van der Waals surface area contributed by atoms with Gasteiger partial charge in [-0.05, 0) is 73.5 Å². The quantitative estimate of drug-likeness (QED) is 0.483. The summed E-state index contributed by atoms with van der Waals surface area (Å²) in [5, 5.41) is 0. The van der Waals surface area contributed by atoms with E-state index in [1.807, 2.05) is 0 Å². The van der Waals surface area contributed by atoms with Crippen LogP contribution in [-0.2, 0) is 0 Å². The molecule has 0 heterocycles. The van der Waals surface area contributed by atoms with Crippen LogP contribution < -0.4 is 0 Å². The Bertz CT molecular complexity index is 526. The van der Waals surface area contributed by atoms with Crippen molar-refractivity contribution in [3.8, 4) is 0 Å². The van der Waals surface area contributed by atoms with Crippen molar-refractivity contribution in [2.45, 2.75) is 79.1 Å². The van der Waals surface area contributed by atoms with Crippen LogP contribution in [0.5, 0.6) is 0 Å². The topological polar surface area (TPSA) is 0 Å². The van der Waals surface area contributed by atoms with Crippen molar-refractivity contribution in [3.63, 3.8) is 0 Å². The molecule has 4 aliphatic rings. The summed E-state index contributed by atoms with van der Waals surface area (Å²) in [6, 6.07) is 0. The highest BCUT2D eigenvalue weighted by Crippen LogP contribution is 2.70. The monoisotopic (exact) mass is 298 g/mol. The maximum atomic E-state index is 2.66. The smallest absolute Gasteiger partial charge is 0.00936 e. The number of hydrogen-bond donors (Lipinski definition) is 0. The summed E-state index contributed by atoms with van der Waals surface area (Å²) in [6.07, 6.45) is 18.9. The fraction of sp³-hybridized carbons (Fsp3) is 0.818. The Morgan fingerprint density at radius 2 is 1.82 bits per heavy atom. The van der Waals surface area contributed by atoms with E-state index in [4.69, 9.17) is 0 Å². The van der Waals surface area contributed by atoms with E-state index in [0.717, 1.165) is 17.8 Å². The van der Waals surface area contributed by atoms with Crippen molar-refractivity contribution in [2.24, 2.45) is 34.0 Å². The third kappa shape index (κ3) is 1.70. The molecule has 0 aromatic carbocycles. The lowest BCUT2D eigenvalue weighted by Crippen LogP contribution is -2.51. The van der Waals surface area contributed by atoms with Crippen molar-refractivity contribution in [1.82, 2.24) is 0 Å². The molecule has 0 aromatic rings. The summed E-state index contributed by atoms with van der Waals surface area (Å²) < 4.78 is 0. The predicted molar refractivity (Wildman–Crippen MR) is 94.6 cm³/mol. The summed E-state index contributed by atoms with van der Waals surface area (Å²) in [5.41, 5.74) is 3.38. The average molecular weight is 299 g/mol. The van der Waals surface area contributed by atoms with Crippen molar-refractivity contribution >= 4 is 0 Å². The Balaban J connectivity index is 1.70. The van der Waals surface area contributed by atoms with Crippen LogP contribution in [0.2, 0.25) is 0 Å². The summed E-state index contributed by atoms with van der Waals surface area (Å²) in [4.78, 5) is 0. The molecule has 0 nitrogen and oxygen atoms in total. The minimum Gasteiger partial charge on any atom is -0.0839 e. The third-order valence-corrected chi connectivity index (χ3v) is 9.17. The zero-order valence-electron chi connectivity index (χ0n) is 15.1. The van der Waals surface area contributed by atoms with E-state index in [1.54, 1.807) is 5.57 Å². The lowest BCUT2D eigenvalue weighted by Gasteiger charge is -2.59. The van der Waals surface area contributed by atoms with Gasteiger partial charge in [0.05, 0.1) is 0 Å². The molecular formula is C22H34. The lowest BCUT2D eigenvalue weighted by atomic mass is 9.46. The molecule has 0 spiro atoms. The average Bonchev–Trinajstić information content (AvgIpc) is 2.79. The van der Waals surface area contributed by atoms with Gasteiger partial charge in [0, 0.05) is 5.41 Å². The summed E-state index contributed by atoms with van der Waals surface area (Å²) >= 11 is 0. The molecule has 0 aliphatic heterocycles. The van der Waals surface area contributed by atoms with E-state index in [0.29, 0.717) is 16.2 Å². The van der Waals surface area contributed by atoms with Gasteiger partial charge in [-0.15, -0.1) is 0 Å². The van der Waals surface area contributed by atoms with E-state index in [1.165, 1.54) is 51.4 Å². The van der Waals surface area contributed by atoms with E-state index in [9.17, 15) is 0 Å². The molecule has 0 radical (unpaired) electrons. The highest BCUT2D eigenvalue weighted by Gasteiger charge is 2.61. The number of fused-ring (bicyclic) bond motifs is 5. The molecular weight excluding hydrogens is 264 g/mol. The van der Waals surface area contributed by atoms with Crippen LogP contribution in [0.1, 0.15) is 79.1 Å². The first-order valence-corrected chi connectivity index (χ1v) is 9.82. The van der Waals surface area contributed by atoms with Gasteiger partial charge in [-0.3, -0.25) is 0 Å². The molecule has 4 aliphatic carbocycles. The molecule has 22 heavy (non-hydrogen) atoms. The Kier molecular flexibility index (Phi) is 3.24. The second-order valence-electron chi connectivity index (χ2n) is 9.47. The molecule has 122 valence electrons. The molecule has 0 heteroatoms. The van der Waals surface area contributed by atoms with Gasteiger partial charge in [0.25, 0.3) is 0 Å². The molecule has 0 N–H and O–H groups in total. The van der Waals surface area contributed by atoms with Gasteiger partial charge in [0.15, 0.2) is 0 Å². The van der Waals surface area contributed by atoms with Crippen LogP contribution in [0.4, 0.5) is 0 Å². The molecule has 0 amide bonds. The fourth-order valence-electron chi connectivity index (χ4n) is 7.28. The lowest BCUT2D eigenvalue weighted by molar-refractivity contribution is -0.0634. The zero-order chi connectivity index (χ0) is 15.6. The number of hydrogen-bond acceptors (Lipinski definition) is 0. The minimum absolute atomic E-state index is 0.397. The first-order valence-electron chi connectivity index (χ1n) is 9.82. The molecule has 0 bridgehead atoms. The van der Waals surface area contributed by atoms with Crippen LogP contribution in [0.3, 0.4) is 0 Å². The zero-order valence-corrected chi connectivity index (χ0v) is 15.1. The number of allylic oxidation sites excluding steroid dienone is 4. The molecule has 0 unspecified atom stereocenters. The van der Waals surface area contributed by atoms with Crippen LogP contribution >= 0.6 is 0 Å². The summed E-state index contributed by atoms with van der Waals surface area (Å²) in [5.74, 6) is 2.89. The Morgan fingerprint density at radius 3 is 2.59 bits per heavy atom. The molecule has 3 fully saturated rings. The first-order chi connectivity index (χ1) is 10.4. The van der Waals surface area contributed by atoms with Gasteiger partial charge in [0.1, 0.15) is 0 Å². The molecule has 0 aromatic heterocycles. The third-order valence-electron chi connectivity index (χ3n) is 9.17. The maximum Gasteiger partial charge on any atom is 0.00936 e. The van der Waals surface area contributed by atoms with Crippen molar-refractivity contribution in [2.75, 3.05) is 0 Å². The molecule has 3 saturated carbocycles. The second-order valence-corrected chi connectivity index (χ2v) is 9.47. The van der Waals surface area contributed by atoms with Crippen molar-refractivity contribution in [3.05, 3.63) is 23.8 Å². The summed E-state index contributed by atoms with van der Waals surface area (Å²) in [7, 11) is 0. The van der Waals surface area contributed by atoms with E-state index in [2.05, 4.69) is 45.9 Å². The van der Waals surface area contributed by atoms with Gasteiger partial charge >= 0.3 is 0 Å². The maximum absolute atomic E-state index is 2.66. The number of rotatable bonds is 1. The summed E-state index contributed by atoms with van der Waals surface area (Å²) in [6.45, 7) is 10.3. The highest BCUT2D eigenvalue weighted by atomic mass is 14.7. The van der Waals surface area contributed by atoms with E-state index >= 15 is 0 Å². The Labute approximate surface area is 137 Å². The standard InChI is InChI=1S/C22H34/c1-5-20(2)14-11-19-17-10-9-16-8-6-7-13-21(16,3)18(17)12-15-22(19,20)4/h7-8,13,17-19H,5-6,9-12,14-15H2,1-4H3/t17-,18+,19+,20+,21+,22+/m1/s1. The first kappa shape index (κ1) is 15.0. The largest absolute Gasteiger partial charge is 0.0839 e. The van der Waals surface area contributed by atoms with E-state index in [-0.39, 0.29) is 0 Å². The SMILES string of the molecule is CC[C@@]1(C)CC[C@H]2[C@@H]3CCC4=CCC=C[C@]4(C)[C@H]3CC[C@@]21C. The van der Waals surface area contributed by atoms with Crippen LogP contribution in [0, 0.1) is 34.0 Å². The molecule has 6 atom stereocenters. The second kappa shape index (κ2) is 4.74.